The van der Waals surface area contributed by atoms with Gasteiger partial charge < -0.3 is 14.5 Å². The molecule has 118 valence electrons. The van der Waals surface area contributed by atoms with Crippen LogP contribution in [0.3, 0.4) is 0 Å². The summed E-state index contributed by atoms with van der Waals surface area (Å²) in [6.45, 7) is 1.79. The van der Waals surface area contributed by atoms with Crippen molar-refractivity contribution in [2.24, 2.45) is 0 Å². The van der Waals surface area contributed by atoms with Crippen LogP contribution >= 0.6 is 0 Å². The number of carbonyl (C=O) groups excluding carboxylic acids is 1. The Balaban J connectivity index is 1.62. The van der Waals surface area contributed by atoms with Gasteiger partial charge in [-0.25, -0.2) is 0 Å². The minimum Gasteiger partial charge on any atom is -0.497 e. The summed E-state index contributed by atoms with van der Waals surface area (Å²) in [5, 5.41) is 14.6. The van der Waals surface area contributed by atoms with Gasteiger partial charge in [-0.1, -0.05) is 0 Å². The molecule has 8 nitrogen and oxygen atoms in total. The number of anilines is 1. The minimum atomic E-state index is -0.255. The van der Waals surface area contributed by atoms with Crippen LogP contribution in [0.25, 0.3) is 11.6 Å². The number of nitrogens with one attached hydrogen (secondary N) is 1. The summed E-state index contributed by atoms with van der Waals surface area (Å²) >= 11 is 0. The van der Waals surface area contributed by atoms with E-state index in [9.17, 15) is 4.79 Å². The molecule has 0 aliphatic carbocycles. The monoisotopic (exact) mass is 313 g/mol. The third-order valence-electron chi connectivity index (χ3n) is 3.07. The molecule has 1 aromatic carbocycles. The molecule has 0 aliphatic heterocycles. The maximum Gasteiger partial charge on any atom is 0.248 e. The number of nitrogens with zero attached hydrogens (tertiary/aromatic N) is 4. The van der Waals surface area contributed by atoms with E-state index in [0.717, 1.165) is 11.5 Å². The fourth-order valence-electron chi connectivity index (χ4n) is 1.97. The lowest BCUT2D eigenvalue weighted by molar-refractivity contribution is -0.117. The van der Waals surface area contributed by atoms with Crippen molar-refractivity contribution < 1.29 is 13.9 Å². The Morgan fingerprint density at radius 3 is 2.70 bits per heavy atom. The van der Waals surface area contributed by atoms with Crippen molar-refractivity contribution in [2.45, 2.75) is 13.5 Å². The van der Waals surface area contributed by atoms with Gasteiger partial charge in [0.2, 0.25) is 11.7 Å². The SMILES string of the molecule is COc1ccc(NC(=O)Cn2nnc(-c3ccc(C)o3)n2)cc1. The van der Waals surface area contributed by atoms with Gasteiger partial charge in [0.15, 0.2) is 5.76 Å². The molecular formula is C15H15N5O3. The number of hydrogen-bond donors (Lipinski definition) is 1. The number of benzene rings is 1. The van der Waals surface area contributed by atoms with Gasteiger partial charge in [0, 0.05) is 5.69 Å². The summed E-state index contributed by atoms with van der Waals surface area (Å²) in [6, 6.07) is 10.6. The smallest absolute Gasteiger partial charge is 0.248 e. The van der Waals surface area contributed by atoms with E-state index in [0.29, 0.717) is 17.3 Å². The van der Waals surface area contributed by atoms with Crippen molar-refractivity contribution in [2.75, 3.05) is 12.4 Å². The Bertz CT molecular complexity index is 807. The first-order valence-electron chi connectivity index (χ1n) is 6.92. The number of carbonyl (C=O) groups is 1. The van der Waals surface area contributed by atoms with E-state index in [-0.39, 0.29) is 12.5 Å². The molecule has 23 heavy (non-hydrogen) atoms. The predicted molar refractivity (Wildman–Crippen MR) is 81.9 cm³/mol. The molecular weight excluding hydrogens is 298 g/mol. The topological polar surface area (TPSA) is 95.1 Å². The number of methoxy groups -OCH3 is 1. The van der Waals surface area contributed by atoms with Gasteiger partial charge in [0.1, 0.15) is 18.1 Å². The number of ether oxygens (including phenoxy) is 1. The standard InChI is InChI=1S/C15H15N5O3/c1-10-3-8-13(23-10)15-17-19-20(18-15)9-14(21)16-11-4-6-12(22-2)7-5-11/h3-8H,9H2,1-2H3,(H,16,21). The molecule has 0 bridgehead atoms. The van der Waals surface area contributed by atoms with E-state index in [1.807, 2.05) is 13.0 Å². The molecule has 0 fully saturated rings. The van der Waals surface area contributed by atoms with Crippen LogP contribution in [0.4, 0.5) is 5.69 Å². The second kappa shape index (κ2) is 6.30. The molecule has 0 unspecified atom stereocenters. The lowest BCUT2D eigenvalue weighted by Crippen LogP contribution is -2.20. The van der Waals surface area contributed by atoms with Crippen LogP contribution in [-0.4, -0.2) is 33.2 Å². The highest BCUT2D eigenvalue weighted by Crippen LogP contribution is 2.17. The molecule has 8 heteroatoms. The summed E-state index contributed by atoms with van der Waals surface area (Å²) in [5.41, 5.74) is 0.665. The maximum atomic E-state index is 12.0. The summed E-state index contributed by atoms with van der Waals surface area (Å²) in [5.74, 6) is 2.09. The zero-order valence-electron chi connectivity index (χ0n) is 12.7. The van der Waals surface area contributed by atoms with Gasteiger partial charge >= 0.3 is 0 Å². The van der Waals surface area contributed by atoms with Crippen LogP contribution in [0.2, 0.25) is 0 Å². The zero-order chi connectivity index (χ0) is 16.2. The van der Waals surface area contributed by atoms with Crippen LogP contribution in [0.15, 0.2) is 40.8 Å². The number of rotatable bonds is 5. The van der Waals surface area contributed by atoms with Gasteiger partial charge in [0.05, 0.1) is 7.11 Å². The molecule has 0 saturated carbocycles. The molecule has 0 atom stereocenters. The molecule has 2 aromatic heterocycles. The molecule has 0 spiro atoms. The van der Waals surface area contributed by atoms with E-state index in [1.165, 1.54) is 4.80 Å². The second-order valence-electron chi connectivity index (χ2n) is 4.83. The van der Waals surface area contributed by atoms with Gasteiger partial charge in [-0.15, -0.1) is 10.2 Å². The third-order valence-corrected chi connectivity index (χ3v) is 3.07. The molecule has 0 aliphatic rings. The van der Waals surface area contributed by atoms with E-state index in [2.05, 4.69) is 20.7 Å². The summed E-state index contributed by atoms with van der Waals surface area (Å²) in [7, 11) is 1.59. The lowest BCUT2D eigenvalue weighted by atomic mass is 10.3. The fourth-order valence-corrected chi connectivity index (χ4v) is 1.97. The van der Waals surface area contributed by atoms with E-state index >= 15 is 0 Å². The van der Waals surface area contributed by atoms with Crippen molar-refractivity contribution in [3.8, 4) is 17.3 Å². The Hall–Kier alpha value is -3.16. The highest BCUT2D eigenvalue weighted by Gasteiger charge is 2.12. The summed E-state index contributed by atoms with van der Waals surface area (Å²) < 4.78 is 10.5. The van der Waals surface area contributed by atoms with E-state index < -0.39 is 0 Å². The normalized spacial score (nSPS) is 10.5. The van der Waals surface area contributed by atoms with Crippen molar-refractivity contribution in [1.29, 1.82) is 0 Å². The Morgan fingerprint density at radius 2 is 2.04 bits per heavy atom. The molecule has 3 aromatic rings. The molecule has 0 radical (unpaired) electrons. The molecule has 0 saturated heterocycles. The first kappa shape index (κ1) is 14.8. The zero-order valence-corrected chi connectivity index (χ0v) is 12.7. The van der Waals surface area contributed by atoms with Crippen molar-refractivity contribution in [3.05, 3.63) is 42.2 Å². The van der Waals surface area contributed by atoms with Gasteiger partial charge in [0.25, 0.3) is 0 Å². The van der Waals surface area contributed by atoms with Crippen LogP contribution in [0, 0.1) is 6.92 Å². The Kier molecular flexibility index (Phi) is 4.05. The molecule has 1 amide bonds. The first-order valence-corrected chi connectivity index (χ1v) is 6.92. The quantitative estimate of drug-likeness (QED) is 0.773. The second-order valence-corrected chi connectivity index (χ2v) is 4.83. The average molecular weight is 313 g/mol. The fraction of sp³-hybridized carbons (Fsp3) is 0.200. The Morgan fingerprint density at radius 1 is 1.26 bits per heavy atom. The van der Waals surface area contributed by atoms with Crippen molar-refractivity contribution in [3.63, 3.8) is 0 Å². The average Bonchev–Trinajstić information content (AvgIpc) is 3.17. The van der Waals surface area contributed by atoms with Crippen LogP contribution in [0.5, 0.6) is 5.75 Å². The van der Waals surface area contributed by atoms with Gasteiger partial charge in [-0.3, -0.25) is 4.79 Å². The highest BCUT2D eigenvalue weighted by molar-refractivity contribution is 5.90. The molecule has 2 heterocycles. The minimum absolute atomic E-state index is 0.0429. The largest absolute Gasteiger partial charge is 0.497 e. The summed E-state index contributed by atoms with van der Waals surface area (Å²) in [6.07, 6.45) is 0. The Labute approximate surface area is 132 Å². The van der Waals surface area contributed by atoms with Crippen molar-refractivity contribution >= 4 is 11.6 Å². The van der Waals surface area contributed by atoms with Crippen molar-refractivity contribution in [1.82, 2.24) is 20.2 Å². The number of aromatic nitrogens is 4. The van der Waals surface area contributed by atoms with Crippen LogP contribution in [-0.2, 0) is 11.3 Å². The number of furan rings is 1. The molecule has 1 N–H and O–H groups in total. The number of aryl methyl sites for hydroxylation is 1. The van der Waals surface area contributed by atoms with Crippen LogP contribution < -0.4 is 10.1 Å². The molecule has 3 rings (SSSR count). The maximum absolute atomic E-state index is 12.0. The third kappa shape index (κ3) is 3.54. The summed E-state index contributed by atoms with van der Waals surface area (Å²) in [4.78, 5) is 13.2. The van der Waals surface area contributed by atoms with E-state index in [1.54, 1.807) is 37.4 Å². The van der Waals surface area contributed by atoms with Crippen LogP contribution in [0.1, 0.15) is 5.76 Å². The lowest BCUT2D eigenvalue weighted by Gasteiger charge is -2.05. The van der Waals surface area contributed by atoms with E-state index in [4.69, 9.17) is 9.15 Å². The van der Waals surface area contributed by atoms with Gasteiger partial charge in [-0.05, 0) is 48.5 Å². The number of amides is 1. The first-order chi connectivity index (χ1) is 11.1. The predicted octanol–water partition coefficient (Wildman–Crippen LogP) is 1.89. The van der Waals surface area contributed by atoms with Gasteiger partial charge in [-0.2, -0.15) is 4.80 Å². The highest BCUT2D eigenvalue weighted by atomic mass is 16.5. The number of hydrogen-bond acceptors (Lipinski definition) is 6. The number of tetrazole rings is 1.